The summed E-state index contributed by atoms with van der Waals surface area (Å²) in [4.78, 5) is 0.0796. The number of anilines is 1. The van der Waals surface area contributed by atoms with Crippen molar-refractivity contribution >= 4 is 43.3 Å². The molecule has 0 saturated carbocycles. The lowest BCUT2D eigenvalue weighted by Gasteiger charge is -2.16. The molecular formula is C22H21BrClNO4S. The Hall–Kier alpha value is -2.22. The van der Waals surface area contributed by atoms with Crippen LogP contribution in [0.3, 0.4) is 0 Å². The van der Waals surface area contributed by atoms with Gasteiger partial charge in [0.2, 0.25) is 0 Å². The van der Waals surface area contributed by atoms with Crippen molar-refractivity contribution in [2.24, 2.45) is 0 Å². The molecule has 5 nitrogen and oxygen atoms in total. The van der Waals surface area contributed by atoms with E-state index in [0.29, 0.717) is 28.4 Å². The summed E-state index contributed by atoms with van der Waals surface area (Å²) in [6.07, 6.45) is 0. The van der Waals surface area contributed by atoms with Gasteiger partial charge in [-0.2, -0.15) is 8.42 Å². The summed E-state index contributed by atoms with van der Waals surface area (Å²) < 4.78 is 37.0. The van der Waals surface area contributed by atoms with Crippen molar-refractivity contribution in [1.29, 1.82) is 0 Å². The van der Waals surface area contributed by atoms with Crippen LogP contribution < -0.4 is 14.2 Å². The second kappa shape index (κ2) is 9.73. The molecule has 3 rings (SSSR count). The van der Waals surface area contributed by atoms with Gasteiger partial charge in [0.25, 0.3) is 0 Å². The van der Waals surface area contributed by atoms with Crippen LogP contribution in [0.25, 0.3) is 0 Å². The van der Waals surface area contributed by atoms with E-state index < -0.39 is 10.1 Å². The fourth-order valence-electron chi connectivity index (χ4n) is 2.70. The monoisotopic (exact) mass is 509 g/mol. The van der Waals surface area contributed by atoms with Crippen LogP contribution >= 0.6 is 27.5 Å². The van der Waals surface area contributed by atoms with Gasteiger partial charge in [0.15, 0.2) is 11.5 Å². The van der Waals surface area contributed by atoms with Gasteiger partial charge in [-0.25, -0.2) is 0 Å². The lowest BCUT2D eigenvalue weighted by molar-refractivity contribution is 0.326. The number of benzene rings is 3. The van der Waals surface area contributed by atoms with Gasteiger partial charge >= 0.3 is 10.1 Å². The quantitative estimate of drug-likeness (QED) is 0.366. The molecule has 1 N–H and O–H groups in total. The van der Waals surface area contributed by atoms with Gasteiger partial charge in [-0.3, -0.25) is 0 Å². The Balaban J connectivity index is 1.85. The number of ether oxygens (including phenoxy) is 1. The number of nitrogens with one attached hydrogen (secondary N) is 1. The maximum atomic E-state index is 12.7. The zero-order chi connectivity index (χ0) is 21.7. The summed E-state index contributed by atoms with van der Waals surface area (Å²) in [5.41, 5.74) is 2.76. The van der Waals surface area contributed by atoms with Gasteiger partial charge < -0.3 is 14.2 Å². The van der Waals surface area contributed by atoms with E-state index in [9.17, 15) is 8.42 Å². The van der Waals surface area contributed by atoms with Gasteiger partial charge in [-0.05, 0) is 83.9 Å². The molecule has 0 unspecified atom stereocenters. The van der Waals surface area contributed by atoms with Crippen molar-refractivity contribution < 1.29 is 17.3 Å². The Labute approximate surface area is 190 Å². The second-order valence-electron chi connectivity index (χ2n) is 6.55. The first-order chi connectivity index (χ1) is 14.3. The zero-order valence-electron chi connectivity index (χ0n) is 16.5. The molecule has 0 atom stereocenters. The molecule has 0 aromatic heterocycles. The SMILES string of the molecule is CCOc1cc(CNc2ccc(Cl)cc2)cc(Br)c1OS(=O)(=O)c1ccc(C)cc1. The summed E-state index contributed by atoms with van der Waals surface area (Å²) >= 11 is 9.34. The highest BCUT2D eigenvalue weighted by Gasteiger charge is 2.22. The van der Waals surface area contributed by atoms with Gasteiger partial charge in [0, 0.05) is 17.3 Å². The van der Waals surface area contributed by atoms with E-state index in [1.807, 2.05) is 26.0 Å². The average molecular weight is 511 g/mol. The molecule has 0 aliphatic carbocycles. The maximum Gasteiger partial charge on any atom is 0.339 e. The largest absolute Gasteiger partial charge is 0.490 e. The van der Waals surface area contributed by atoms with Crippen LogP contribution in [0.15, 0.2) is 70.0 Å². The van der Waals surface area contributed by atoms with Crippen molar-refractivity contribution in [3.63, 3.8) is 0 Å². The molecule has 0 bridgehead atoms. The standard InChI is InChI=1S/C22H21BrClNO4S/c1-3-28-21-13-16(14-25-18-8-6-17(24)7-9-18)12-20(23)22(21)29-30(26,27)19-10-4-15(2)5-11-19/h4-13,25H,3,14H2,1-2H3. The number of hydrogen-bond acceptors (Lipinski definition) is 5. The van der Waals surface area contributed by atoms with Crippen molar-refractivity contribution in [3.05, 3.63) is 81.3 Å². The molecule has 30 heavy (non-hydrogen) atoms. The Morgan fingerprint density at radius 2 is 1.70 bits per heavy atom. The highest BCUT2D eigenvalue weighted by atomic mass is 79.9. The van der Waals surface area contributed by atoms with Crippen molar-refractivity contribution in [2.45, 2.75) is 25.3 Å². The molecule has 158 valence electrons. The molecule has 0 heterocycles. The van der Waals surface area contributed by atoms with Crippen molar-refractivity contribution in [3.8, 4) is 11.5 Å². The molecule has 0 radical (unpaired) electrons. The molecule has 8 heteroatoms. The summed E-state index contributed by atoms with van der Waals surface area (Å²) in [7, 11) is -4.00. The van der Waals surface area contributed by atoms with E-state index >= 15 is 0 Å². The third-order valence-corrected chi connectivity index (χ3v) is 6.29. The van der Waals surface area contributed by atoms with E-state index in [2.05, 4.69) is 21.2 Å². The number of aryl methyl sites for hydroxylation is 1. The number of rotatable bonds is 8. The van der Waals surface area contributed by atoms with Gasteiger partial charge in [-0.1, -0.05) is 29.3 Å². The first-order valence-electron chi connectivity index (χ1n) is 9.24. The lowest BCUT2D eigenvalue weighted by atomic mass is 10.2. The third-order valence-electron chi connectivity index (χ3n) is 4.21. The fraction of sp³-hybridized carbons (Fsp3) is 0.182. The zero-order valence-corrected chi connectivity index (χ0v) is 19.6. The van der Waals surface area contributed by atoms with E-state index in [0.717, 1.165) is 16.8 Å². The second-order valence-corrected chi connectivity index (χ2v) is 9.39. The van der Waals surface area contributed by atoms with E-state index in [1.165, 1.54) is 12.1 Å². The lowest BCUT2D eigenvalue weighted by Crippen LogP contribution is -2.12. The summed E-state index contributed by atoms with van der Waals surface area (Å²) in [5, 5.41) is 3.95. The number of halogens is 2. The molecule has 3 aromatic carbocycles. The van der Waals surface area contributed by atoms with E-state index in [4.69, 9.17) is 20.5 Å². The Morgan fingerprint density at radius 3 is 2.33 bits per heavy atom. The molecule has 0 fully saturated rings. The van der Waals surface area contributed by atoms with Crippen molar-refractivity contribution in [2.75, 3.05) is 11.9 Å². The number of hydrogen-bond donors (Lipinski definition) is 1. The van der Waals surface area contributed by atoms with Crippen LogP contribution in [0.4, 0.5) is 5.69 Å². The molecular weight excluding hydrogens is 490 g/mol. The molecule has 0 aliphatic rings. The topological polar surface area (TPSA) is 64.6 Å². The molecule has 3 aromatic rings. The third kappa shape index (κ3) is 5.68. The maximum absolute atomic E-state index is 12.7. The molecule has 0 aliphatic heterocycles. The normalized spacial score (nSPS) is 11.2. The Bertz CT molecular complexity index is 1120. The minimum atomic E-state index is -4.00. The predicted octanol–water partition coefficient (Wildman–Crippen LogP) is 6.19. The minimum Gasteiger partial charge on any atom is -0.490 e. The van der Waals surface area contributed by atoms with Gasteiger partial charge in [0.1, 0.15) is 4.90 Å². The Kier molecular flexibility index (Phi) is 7.28. The average Bonchev–Trinajstić information content (AvgIpc) is 2.70. The van der Waals surface area contributed by atoms with Crippen LogP contribution in [0.1, 0.15) is 18.1 Å². The van der Waals surface area contributed by atoms with Crippen LogP contribution in [-0.2, 0) is 16.7 Å². The molecule has 0 saturated heterocycles. The van der Waals surface area contributed by atoms with Crippen LogP contribution in [-0.4, -0.2) is 15.0 Å². The Morgan fingerprint density at radius 1 is 1.03 bits per heavy atom. The van der Waals surface area contributed by atoms with E-state index in [1.54, 1.807) is 36.4 Å². The van der Waals surface area contributed by atoms with E-state index in [-0.39, 0.29) is 10.6 Å². The van der Waals surface area contributed by atoms with Gasteiger partial charge in [-0.15, -0.1) is 0 Å². The first kappa shape index (κ1) is 22.5. The highest BCUT2D eigenvalue weighted by molar-refractivity contribution is 9.10. The van der Waals surface area contributed by atoms with Gasteiger partial charge in [0.05, 0.1) is 11.1 Å². The molecule has 0 spiro atoms. The smallest absolute Gasteiger partial charge is 0.339 e. The highest BCUT2D eigenvalue weighted by Crippen LogP contribution is 2.39. The minimum absolute atomic E-state index is 0.0796. The van der Waals surface area contributed by atoms with Crippen LogP contribution in [0.5, 0.6) is 11.5 Å². The van der Waals surface area contributed by atoms with Crippen LogP contribution in [0.2, 0.25) is 5.02 Å². The van der Waals surface area contributed by atoms with Crippen LogP contribution in [0, 0.1) is 6.92 Å². The van der Waals surface area contributed by atoms with Crippen molar-refractivity contribution in [1.82, 2.24) is 0 Å². The summed E-state index contributed by atoms with van der Waals surface area (Å²) in [5.74, 6) is 0.461. The fourth-order valence-corrected chi connectivity index (χ4v) is 4.46. The summed E-state index contributed by atoms with van der Waals surface area (Å²) in [6.45, 7) is 4.58. The molecule has 0 amide bonds. The first-order valence-corrected chi connectivity index (χ1v) is 11.8. The summed E-state index contributed by atoms with van der Waals surface area (Å²) in [6, 6.07) is 17.4. The predicted molar refractivity (Wildman–Crippen MR) is 123 cm³/mol.